The van der Waals surface area contributed by atoms with E-state index in [9.17, 15) is 0 Å². The fraction of sp³-hybridized carbons (Fsp3) is 0.625. The Bertz CT molecular complexity index is 426. The second-order valence-electron chi connectivity index (χ2n) is 5.25. The van der Waals surface area contributed by atoms with E-state index in [4.69, 9.17) is 10.5 Å². The fourth-order valence-corrected chi connectivity index (χ4v) is 2.80. The topological polar surface area (TPSA) is 53.8 Å². The van der Waals surface area contributed by atoms with Crippen molar-refractivity contribution in [1.82, 2.24) is 4.90 Å². The van der Waals surface area contributed by atoms with Crippen LogP contribution in [0.3, 0.4) is 0 Å². The van der Waals surface area contributed by atoms with Crippen molar-refractivity contribution in [1.29, 1.82) is 0 Å². The van der Waals surface area contributed by atoms with Gasteiger partial charge in [0.1, 0.15) is 6.17 Å². The molecule has 0 aliphatic carbocycles. The van der Waals surface area contributed by atoms with E-state index in [0.29, 0.717) is 6.54 Å². The maximum absolute atomic E-state index is 5.70. The summed E-state index contributed by atoms with van der Waals surface area (Å²) in [6, 6.07) is 8.48. The van der Waals surface area contributed by atoms with Gasteiger partial charge in [-0.15, -0.1) is 0 Å². The molecule has 3 N–H and O–H groups in total. The standard InChI is InChI=1S/C16H28N4O/c1-3-19(10-9-17)13-16-18-14-7-5-6-8-15(14)20(16)11-12-21-4-2/h5-8,16,18H,3-4,9-13,17H2,1-2H3. The molecule has 5 nitrogen and oxygen atoms in total. The van der Waals surface area contributed by atoms with Crippen LogP contribution in [0, 0.1) is 0 Å². The van der Waals surface area contributed by atoms with Crippen molar-refractivity contribution in [2.24, 2.45) is 5.73 Å². The van der Waals surface area contributed by atoms with Gasteiger partial charge in [-0.25, -0.2) is 0 Å². The maximum atomic E-state index is 5.70. The van der Waals surface area contributed by atoms with Crippen LogP contribution in [-0.2, 0) is 4.74 Å². The van der Waals surface area contributed by atoms with Crippen molar-refractivity contribution in [2.75, 3.05) is 56.2 Å². The molecule has 21 heavy (non-hydrogen) atoms. The SMILES string of the molecule is CCOCCN1c2ccccc2NC1CN(CC)CCN. The van der Waals surface area contributed by atoms with E-state index in [0.717, 1.165) is 39.4 Å². The molecule has 0 radical (unpaired) electrons. The summed E-state index contributed by atoms with van der Waals surface area (Å²) in [6.45, 7) is 10.3. The lowest BCUT2D eigenvalue weighted by Gasteiger charge is -2.31. The van der Waals surface area contributed by atoms with Gasteiger partial charge in [-0.05, 0) is 25.6 Å². The Morgan fingerprint density at radius 1 is 1.33 bits per heavy atom. The first kappa shape index (κ1) is 16.1. The first-order chi connectivity index (χ1) is 10.3. The van der Waals surface area contributed by atoms with Crippen molar-refractivity contribution in [3.8, 4) is 0 Å². The number of hydrogen-bond donors (Lipinski definition) is 2. The number of nitrogens with zero attached hydrogens (tertiary/aromatic N) is 2. The number of anilines is 2. The number of benzene rings is 1. The van der Waals surface area contributed by atoms with Gasteiger partial charge in [0.2, 0.25) is 0 Å². The van der Waals surface area contributed by atoms with E-state index in [-0.39, 0.29) is 6.17 Å². The molecule has 0 saturated carbocycles. The van der Waals surface area contributed by atoms with Gasteiger partial charge in [-0.3, -0.25) is 4.90 Å². The van der Waals surface area contributed by atoms with Crippen LogP contribution in [-0.4, -0.2) is 57.0 Å². The lowest BCUT2D eigenvalue weighted by Crippen LogP contribution is -2.47. The average Bonchev–Trinajstić information content (AvgIpc) is 2.85. The lowest BCUT2D eigenvalue weighted by atomic mass is 10.2. The van der Waals surface area contributed by atoms with Crippen LogP contribution in [0.25, 0.3) is 0 Å². The minimum absolute atomic E-state index is 0.286. The molecular weight excluding hydrogens is 264 g/mol. The van der Waals surface area contributed by atoms with E-state index in [2.05, 4.69) is 46.3 Å². The molecule has 0 amide bonds. The van der Waals surface area contributed by atoms with Gasteiger partial charge in [-0.1, -0.05) is 19.1 Å². The molecule has 0 saturated heterocycles. The number of rotatable bonds is 9. The highest BCUT2D eigenvalue weighted by atomic mass is 16.5. The number of nitrogens with one attached hydrogen (secondary N) is 1. The number of hydrogen-bond acceptors (Lipinski definition) is 5. The van der Waals surface area contributed by atoms with Crippen LogP contribution < -0.4 is 16.0 Å². The first-order valence-electron chi connectivity index (χ1n) is 7.92. The van der Waals surface area contributed by atoms with Gasteiger partial charge < -0.3 is 20.7 Å². The number of fused-ring (bicyclic) bond motifs is 1. The summed E-state index contributed by atoms with van der Waals surface area (Å²) >= 11 is 0. The Morgan fingerprint density at radius 2 is 2.14 bits per heavy atom. The van der Waals surface area contributed by atoms with Gasteiger partial charge in [0.25, 0.3) is 0 Å². The summed E-state index contributed by atoms with van der Waals surface area (Å²) in [4.78, 5) is 4.79. The summed E-state index contributed by atoms with van der Waals surface area (Å²) in [5.74, 6) is 0. The quantitative estimate of drug-likeness (QED) is 0.677. The predicted octanol–water partition coefficient (Wildman–Crippen LogP) is 1.56. The molecular formula is C16H28N4O. The number of nitrogens with two attached hydrogens (primary N) is 1. The summed E-state index contributed by atoms with van der Waals surface area (Å²) in [6.07, 6.45) is 0.286. The highest BCUT2D eigenvalue weighted by Crippen LogP contribution is 2.34. The maximum Gasteiger partial charge on any atom is 0.112 e. The summed E-state index contributed by atoms with van der Waals surface area (Å²) in [5.41, 5.74) is 8.18. The van der Waals surface area contributed by atoms with Gasteiger partial charge in [0, 0.05) is 32.8 Å². The Kier molecular flexibility index (Phi) is 6.29. The number of ether oxygens (including phenoxy) is 1. The van der Waals surface area contributed by atoms with E-state index >= 15 is 0 Å². The highest BCUT2D eigenvalue weighted by Gasteiger charge is 2.28. The molecule has 0 aromatic heterocycles. The predicted molar refractivity (Wildman–Crippen MR) is 88.9 cm³/mol. The van der Waals surface area contributed by atoms with Crippen LogP contribution in [0.5, 0.6) is 0 Å². The van der Waals surface area contributed by atoms with Gasteiger partial charge in [0.15, 0.2) is 0 Å². The second kappa shape index (κ2) is 8.22. The van der Waals surface area contributed by atoms with Crippen LogP contribution >= 0.6 is 0 Å². The Hall–Kier alpha value is -1.30. The molecule has 118 valence electrons. The monoisotopic (exact) mass is 292 g/mol. The molecule has 1 atom stereocenters. The van der Waals surface area contributed by atoms with Gasteiger partial charge in [-0.2, -0.15) is 0 Å². The van der Waals surface area contributed by atoms with Gasteiger partial charge in [0.05, 0.1) is 18.0 Å². The molecule has 1 aliphatic rings. The molecule has 1 aromatic carbocycles. The largest absolute Gasteiger partial charge is 0.380 e. The molecule has 0 fully saturated rings. The molecule has 1 heterocycles. The first-order valence-corrected chi connectivity index (χ1v) is 7.92. The average molecular weight is 292 g/mol. The van der Waals surface area contributed by atoms with Gasteiger partial charge >= 0.3 is 0 Å². The molecule has 1 aromatic rings. The lowest BCUT2D eigenvalue weighted by molar-refractivity contribution is 0.152. The molecule has 0 bridgehead atoms. The normalized spacial score (nSPS) is 17.1. The third kappa shape index (κ3) is 4.09. The summed E-state index contributed by atoms with van der Waals surface area (Å²) in [7, 11) is 0. The third-order valence-electron chi connectivity index (χ3n) is 3.92. The summed E-state index contributed by atoms with van der Waals surface area (Å²) in [5, 5.41) is 3.62. The molecule has 1 aliphatic heterocycles. The fourth-order valence-electron chi connectivity index (χ4n) is 2.80. The van der Waals surface area contributed by atoms with Crippen LogP contribution in [0.2, 0.25) is 0 Å². The minimum atomic E-state index is 0.286. The molecule has 5 heteroatoms. The zero-order valence-corrected chi connectivity index (χ0v) is 13.2. The highest BCUT2D eigenvalue weighted by molar-refractivity contribution is 5.75. The van der Waals surface area contributed by atoms with Crippen molar-refractivity contribution in [3.05, 3.63) is 24.3 Å². The zero-order chi connectivity index (χ0) is 15.1. The second-order valence-corrected chi connectivity index (χ2v) is 5.25. The molecule has 0 spiro atoms. The van der Waals surface area contributed by atoms with Crippen molar-refractivity contribution >= 4 is 11.4 Å². The number of likely N-dealkylation sites (N-methyl/N-ethyl adjacent to an activating group) is 1. The summed E-state index contributed by atoms with van der Waals surface area (Å²) < 4.78 is 5.53. The molecule has 2 rings (SSSR count). The Labute approximate surface area is 128 Å². The van der Waals surface area contributed by atoms with Crippen LogP contribution in [0.4, 0.5) is 11.4 Å². The minimum Gasteiger partial charge on any atom is -0.380 e. The van der Waals surface area contributed by atoms with E-state index < -0.39 is 0 Å². The molecule has 1 unspecified atom stereocenters. The Morgan fingerprint density at radius 3 is 2.86 bits per heavy atom. The van der Waals surface area contributed by atoms with Crippen molar-refractivity contribution < 1.29 is 4.74 Å². The van der Waals surface area contributed by atoms with E-state index in [1.165, 1.54) is 11.4 Å². The third-order valence-corrected chi connectivity index (χ3v) is 3.92. The van der Waals surface area contributed by atoms with E-state index in [1.54, 1.807) is 0 Å². The van der Waals surface area contributed by atoms with Crippen molar-refractivity contribution in [2.45, 2.75) is 20.0 Å². The smallest absolute Gasteiger partial charge is 0.112 e. The van der Waals surface area contributed by atoms with Crippen LogP contribution in [0.15, 0.2) is 24.3 Å². The number of para-hydroxylation sites is 2. The van der Waals surface area contributed by atoms with Crippen LogP contribution in [0.1, 0.15) is 13.8 Å². The van der Waals surface area contributed by atoms with E-state index in [1.807, 2.05) is 6.92 Å². The zero-order valence-electron chi connectivity index (χ0n) is 13.2. The Balaban J connectivity index is 2.05. The van der Waals surface area contributed by atoms with Crippen molar-refractivity contribution in [3.63, 3.8) is 0 Å².